The maximum absolute atomic E-state index is 6.46. The Balaban J connectivity index is 1.23. The van der Waals surface area contributed by atoms with Crippen LogP contribution >= 0.6 is 11.3 Å². The lowest BCUT2D eigenvalue weighted by Crippen LogP contribution is -2.01. The van der Waals surface area contributed by atoms with Crippen LogP contribution in [0.5, 0.6) is 0 Å². The zero-order valence-corrected chi connectivity index (χ0v) is 31.2. The normalized spacial score (nSPS) is 11.9. The predicted molar refractivity (Wildman–Crippen MR) is 236 cm³/mol. The van der Waals surface area contributed by atoms with Gasteiger partial charge in [-0.2, -0.15) is 0 Å². The van der Waals surface area contributed by atoms with Gasteiger partial charge in [0, 0.05) is 64.1 Å². The molecule has 266 valence electrons. The summed E-state index contributed by atoms with van der Waals surface area (Å²) in [5.74, 6) is 1.89. The highest BCUT2D eigenvalue weighted by Crippen LogP contribution is 2.47. The van der Waals surface area contributed by atoms with Crippen LogP contribution in [0.15, 0.2) is 186 Å². The molecule has 6 heteroatoms. The minimum atomic E-state index is 0.625. The largest absolute Gasteiger partial charge is 0.456 e. The van der Waals surface area contributed by atoms with Gasteiger partial charge in [0.25, 0.3) is 0 Å². The molecule has 0 atom stereocenters. The molecule has 0 aliphatic carbocycles. The molecule has 0 aliphatic rings. The van der Waals surface area contributed by atoms with Gasteiger partial charge in [0.15, 0.2) is 17.5 Å². The molecular formula is C51H30N4OS. The van der Waals surface area contributed by atoms with Crippen molar-refractivity contribution in [3.63, 3.8) is 0 Å². The third kappa shape index (κ3) is 4.98. The van der Waals surface area contributed by atoms with E-state index in [1.807, 2.05) is 42.5 Å². The Labute approximate surface area is 330 Å². The zero-order valence-electron chi connectivity index (χ0n) is 30.4. The van der Waals surface area contributed by atoms with Crippen LogP contribution in [0.3, 0.4) is 0 Å². The minimum absolute atomic E-state index is 0.625. The molecular weight excluding hydrogens is 717 g/mol. The lowest BCUT2D eigenvalue weighted by molar-refractivity contribution is 0.669. The summed E-state index contributed by atoms with van der Waals surface area (Å²) in [4.78, 5) is 15.6. The second kappa shape index (κ2) is 12.6. The number of aromatic nitrogens is 4. The van der Waals surface area contributed by atoms with Crippen molar-refractivity contribution in [3.8, 4) is 51.0 Å². The Morgan fingerprint density at radius 3 is 1.75 bits per heavy atom. The van der Waals surface area contributed by atoms with Crippen LogP contribution in [0.2, 0.25) is 0 Å². The summed E-state index contributed by atoms with van der Waals surface area (Å²) in [5.41, 5.74) is 10.3. The molecule has 12 rings (SSSR count). The molecule has 0 spiro atoms. The zero-order chi connectivity index (χ0) is 37.5. The number of fused-ring (bicyclic) bond motifs is 10. The van der Waals surface area contributed by atoms with Crippen LogP contribution < -0.4 is 0 Å². The molecule has 0 saturated carbocycles. The van der Waals surface area contributed by atoms with Crippen molar-refractivity contribution >= 4 is 75.3 Å². The number of hydrogen-bond donors (Lipinski definition) is 0. The molecule has 4 aromatic heterocycles. The number of nitrogens with zero attached hydrogens (tertiary/aromatic N) is 4. The Morgan fingerprint density at radius 1 is 0.404 bits per heavy atom. The van der Waals surface area contributed by atoms with Crippen LogP contribution in [0.4, 0.5) is 0 Å². The van der Waals surface area contributed by atoms with Crippen molar-refractivity contribution in [1.29, 1.82) is 0 Å². The molecule has 57 heavy (non-hydrogen) atoms. The fourth-order valence-corrected chi connectivity index (χ4v) is 9.75. The Morgan fingerprint density at radius 2 is 1.02 bits per heavy atom. The van der Waals surface area contributed by atoms with E-state index in [9.17, 15) is 0 Å². The van der Waals surface area contributed by atoms with E-state index in [0.29, 0.717) is 17.5 Å². The number of benzene rings is 8. The summed E-state index contributed by atoms with van der Waals surface area (Å²) in [6.45, 7) is 0. The Hall–Kier alpha value is -7.41. The molecule has 0 N–H and O–H groups in total. The van der Waals surface area contributed by atoms with Crippen LogP contribution in [0.1, 0.15) is 0 Å². The highest BCUT2D eigenvalue weighted by atomic mass is 32.1. The molecule has 0 fully saturated rings. The summed E-state index contributed by atoms with van der Waals surface area (Å²) in [5, 5.41) is 6.95. The number of rotatable bonds is 5. The van der Waals surface area contributed by atoms with Gasteiger partial charge >= 0.3 is 0 Å². The average molecular weight is 747 g/mol. The fourth-order valence-electron chi connectivity index (χ4n) is 8.55. The second-order valence-corrected chi connectivity index (χ2v) is 15.4. The van der Waals surface area contributed by atoms with E-state index in [4.69, 9.17) is 19.4 Å². The fraction of sp³-hybridized carbons (Fsp3) is 0. The molecule has 0 radical (unpaired) electrons. The van der Waals surface area contributed by atoms with Gasteiger partial charge < -0.3 is 8.98 Å². The number of hydrogen-bond acceptors (Lipinski definition) is 5. The van der Waals surface area contributed by atoms with Gasteiger partial charge in [-0.25, -0.2) is 15.0 Å². The number of para-hydroxylation sites is 2. The van der Waals surface area contributed by atoms with Crippen molar-refractivity contribution in [2.45, 2.75) is 0 Å². The summed E-state index contributed by atoms with van der Waals surface area (Å²) in [6, 6.07) is 63.7. The van der Waals surface area contributed by atoms with Crippen molar-refractivity contribution in [3.05, 3.63) is 182 Å². The monoisotopic (exact) mass is 746 g/mol. The molecule has 0 amide bonds. The van der Waals surface area contributed by atoms with E-state index >= 15 is 0 Å². The highest BCUT2D eigenvalue weighted by molar-refractivity contribution is 7.26. The van der Waals surface area contributed by atoms with Crippen LogP contribution in [0.25, 0.3) is 115 Å². The predicted octanol–water partition coefficient (Wildman–Crippen LogP) is 13.9. The van der Waals surface area contributed by atoms with Crippen LogP contribution in [-0.2, 0) is 0 Å². The number of furan rings is 1. The van der Waals surface area contributed by atoms with Gasteiger partial charge in [-0.15, -0.1) is 11.3 Å². The molecule has 0 aliphatic heterocycles. The van der Waals surface area contributed by atoms with E-state index in [1.54, 1.807) is 11.3 Å². The summed E-state index contributed by atoms with van der Waals surface area (Å²) in [7, 11) is 0. The van der Waals surface area contributed by atoms with Crippen molar-refractivity contribution in [1.82, 2.24) is 19.5 Å². The van der Waals surface area contributed by atoms with Gasteiger partial charge in [-0.1, -0.05) is 140 Å². The first-order chi connectivity index (χ1) is 28.3. The first-order valence-electron chi connectivity index (χ1n) is 19.0. The lowest BCUT2D eigenvalue weighted by atomic mass is 9.99. The minimum Gasteiger partial charge on any atom is -0.456 e. The molecule has 5 nitrogen and oxygen atoms in total. The smallest absolute Gasteiger partial charge is 0.165 e. The molecule has 0 bridgehead atoms. The quantitative estimate of drug-likeness (QED) is 0.176. The lowest BCUT2D eigenvalue weighted by Gasteiger charge is -2.13. The van der Waals surface area contributed by atoms with Crippen LogP contribution in [-0.4, -0.2) is 19.5 Å². The summed E-state index contributed by atoms with van der Waals surface area (Å²) < 4.78 is 11.2. The SMILES string of the molecule is c1ccc(-c2nc(-c3ccccc3)nc(-c3cc(-n4c5ccccc5c5c(-c6ccccc6)cccc54)cc4c3sc3ccc5oc6ccccc6c5c34)n2)cc1. The van der Waals surface area contributed by atoms with E-state index in [1.165, 1.54) is 32.0 Å². The van der Waals surface area contributed by atoms with Crippen LogP contribution in [0, 0.1) is 0 Å². The molecule has 8 aromatic carbocycles. The maximum Gasteiger partial charge on any atom is 0.165 e. The Bertz CT molecular complexity index is 3460. The van der Waals surface area contributed by atoms with Crippen molar-refractivity contribution < 1.29 is 4.42 Å². The van der Waals surface area contributed by atoms with Gasteiger partial charge in [-0.3, -0.25) is 0 Å². The van der Waals surface area contributed by atoms with Crippen molar-refractivity contribution in [2.75, 3.05) is 0 Å². The first kappa shape index (κ1) is 31.9. The Kier molecular flexibility index (Phi) is 7.03. The second-order valence-electron chi connectivity index (χ2n) is 14.3. The third-order valence-electron chi connectivity index (χ3n) is 11.0. The maximum atomic E-state index is 6.46. The summed E-state index contributed by atoms with van der Waals surface area (Å²) in [6.07, 6.45) is 0. The van der Waals surface area contributed by atoms with Gasteiger partial charge in [0.05, 0.1) is 11.0 Å². The summed E-state index contributed by atoms with van der Waals surface area (Å²) >= 11 is 1.77. The van der Waals surface area contributed by atoms with E-state index in [2.05, 4.69) is 144 Å². The van der Waals surface area contributed by atoms with E-state index in [-0.39, 0.29) is 0 Å². The van der Waals surface area contributed by atoms with Gasteiger partial charge in [0.1, 0.15) is 11.2 Å². The molecule has 12 aromatic rings. The molecule has 4 heterocycles. The van der Waals surface area contributed by atoms with E-state index < -0.39 is 0 Å². The molecule has 0 saturated heterocycles. The highest BCUT2D eigenvalue weighted by Gasteiger charge is 2.23. The third-order valence-corrected chi connectivity index (χ3v) is 12.2. The average Bonchev–Trinajstić information content (AvgIpc) is 3.96. The van der Waals surface area contributed by atoms with Crippen molar-refractivity contribution in [2.24, 2.45) is 0 Å². The molecule has 0 unspecified atom stereocenters. The number of thiophene rings is 1. The first-order valence-corrected chi connectivity index (χ1v) is 19.8. The van der Waals surface area contributed by atoms with E-state index in [0.717, 1.165) is 65.4 Å². The van der Waals surface area contributed by atoms with Gasteiger partial charge in [0.2, 0.25) is 0 Å². The topological polar surface area (TPSA) is 56.7 Å². The van der Waals surface area contributed by atoms with Gasteiger partial charge in [-0.05, 0) is 53.6 Å². The standard InChI is InChI=1S/C51H30N4OS/c1-4-15-31(16-5-1)35-23-14-25-41-45(35)36-21-10-12-24-40(36)55(41)34-29-38-47-44(28-27-43-46(47)37-22-11-13-26-42(37)56-43)57-48(38)39(30-34)51-53-49(32-17-6-2-7-18-32)52-50(54-51)33-19-8-3-9-20-33/h1-30H.